The van der Waals surface area contributed by atoms with Gasteiger partial charge in [0.1, 0.15) is 5.52 Å². The van der Waals surface area contributed by atoms with Gasteiger partial charge in [-0.3, -0.25) is 5.41 Å². The van der Waals surface area contributed by atoms with Gasteiger partial charge in [0.25, 0.3) is 0 Å². The fourth-order valence-electron chi connectivity index (χ4n) is 2.06. The van der Waals surface area contributed by atoms with Crippen LogP contribution in [0.2, 0.25) is 0 Å². The topological polar surface area (TPSA) is 70.3 Å². The van der Waals surface area contributed by atoms with Crippen LogP contribution in [-0.4, -0.2) is 25.3 Å². The monoisotopic (exact) mass is 285 g/mol. The van der Waals surface area contributed by atoms with E-state index in [9.17, 15) is 0 Å². The molecule has 102 valence electrons. The molecular formula is C14H15N5S. The van der Waals surface area contributed by atoms with Gasteiger partial charge >= 0.3 is 0 Å². The van der Waals surface area contributed by atoms with Crippen LogP contribution in [0.3, 0.4) is 0 Å². The third kappa shape index (κ3) is 2.46. The Hall–Kier alpha value is -2.08. The quantitative estimate of drug-likeness (QED) is 0.723. The van der Waals surface area contributed by atoms with Gasteiger partial charge in [-0.05, 0) is 11.3 Å². The van der Waals surface area contributed by atoms with Crippen LogP contribution in [0.25, 0.3) is 11.2 Å². The van der Waals surface area contributed by atoms with E-state index in [1.54, 1.807) is 18.1 Å². The second-order valence-corrected chi connectivity index (χ2v) is 5.63. The van der Waals surface area contributed by atoms with Crippen molar-refractivity contribution in [3.05, 3.63) is 47.7 Å². The number of rotatable bonds is 4. The SMILES string of the molecule is CCSc1nc2c([nH]1)c(=N)ncn2Cc1ccccc1. The van der Waals surface area contributed by atoms with Crippen molar-refractivity contribution in [3.8, 4) is 0 Å². The average molecular weight is 285 g/mol. The van der Waals surface area contributed by atoms with E-state index in [0.717, 1.165) is 16.6 Å². The molecule has 0 spiro atoms. The first-order chi connectivity index (χ1) is 9.78. The van der Waals surface area contributed by atoms with Gasteiger partial charge in [0.15, 0.2) is 16.3 Å². The van der Waals surface area contributed by atoms with Crippen LogP contribution < -0.4 is 5.49 Å². The molecule has 0 saturated carbocycles. The van der Waals surface area contributed by atoms with Gasteiger partial charge in [-0.15, -0.1) is 0 Å². The summed E-state index contributed by atoms with van der Waals surface area (Å²) in [5, 5.41) is 8.72. The third-order valence-electron chi connectivity index (χ3n) is 2.97. The van der Waals surface area contributed by atoms with E-state index in [1.165, 1.54) is 5.56 Å². The summed E-state index contributed by atoms with van der Waals surface area (Å²) >= 11 is 1.63. The summed E-state index contributed by atoms with van der Waals surface area (Å²) in [5.74, 6) is 0.944. The van der Waals surface area contributed by atoms with Gasteiger partial charge in [0.05, 0.1) is 12.9 Å². The molecule has 0 atom stereocenters. The minimum atomic E-state index is 0.236. The first kappa shape index (κ1) is 12.9. The zero-order valence-electron chi connectivity index (χ0n) is 11.1. The number of fused-ring (bicyclic) bond motifs is 1. The zero-order chi connectivity index (χ0) is 13.9. The van der Waals surface area contributed by atoms with Crippen molar-refractivity contribution in [2.75, 3.05) is 5.75 Å². The summed E-state index contributed by atoms with van der Waals surface area (Å²) < 4.78 is 1.97. The Kier molecular flexibility index (Phi) is 3.56. The molecule has 0 aliphatic carbocycles. The number of benzene rings is 1. The van der Waals surface area contributed by atoms with Crippen LogP contribution in [0.4, 0.5) is 0 Å². The molecule has 2 aromatic heterocycles. The first-order valence-electron chi connectivity index (χ1n) is 6.44. The van der Waals surface area contributed by atoms with Crippen LogP contribution in [0.5, 0.6) is 0 Å². The molecule has 0 bridgehead atoms. The van der Waals surface area contributed by atoms with Gasteiger partial charge in [0, 0.05) is 0 Å². The minimum absolute atomic E-state index is 0.236. The zero-order valence-corrected chi connectivity index (χ0v) is 11.9. The average Bonchev–Trinajstić information content (AvgIpc) is 2.89. The van der Waals surface area contributed by atoms with Gasteiger partial charge in [-0.2, -0.15) is 0 Å². The number of aromatic nitrogens is 4. The number of hydrogen-bond donors (Lipinski definition) is 2. The van der Waals surface area contributed by atoms with Gasteiger partial charge in [-0.25, -0.2) is 9.97 Å². The molecular weight excluding hydrogens is 270 g/mol. The Labute approximate surface area is 120 Å². The molecule has 0 fully saturated rings. The molecule has 3 rings (SSSR count). The molecule has 0 aliphatic rings. The predicted octanol–water partition coefficient (Wildman–Crippen LogP) is 2.40. The van der Waals surface area contributed by atoms with E-state index < -0.39 is 0 Å². The third-order valence-corrected chi connectivity index (χ3v) is 3.73. The molecule has 2 heterocycles. The predicted molar refractivity (Wildman–Crippen MR) is 79.7 cm³/mol. The van der Waals surface area contributed by atoms with Gasteiger partial charge < -0.3 is 9.55 Å². The molecule has 0 saturated heterocycles. The van der Waals surface area contributed by atoms with Crippen molar-refractivity contribution in [1.29, 1.82) is 5.41 Å². The molecule has 2 N–H and O–H groups in total. The largest absolute Gasteiger partial charge is 0.328 e. The van der Waals surface area contributed by atoms with Crippen LogP contribution in [-0.2, 0) is 6.54 Å². The smallest absolute Gasteiger partial charge is 0.173 e. The lowest BCUT2D eigenvalue weighted by Gasteiger charge is -2.06. The second-order valence-electron chi connectivity index (χ2n) is 4.38. The van der Waals surface area contributed by atoms with Crippen molar-refractivity contribution < 1.29 is 0 Å². The fourth-order valence-corrected chi connectivity index (χ4v) is 2.66. The molecule has 0 amide bonds. The van der Waals surface area contributed by atoms with E-state index in [2.05, 4.69) is 34.0 Å². The Bertz CT molecular complexity index is 775. The van der Waals surface area contributed by atoms with Crippen LogP contribution in [0.15, 0.2) is 41.8 Å². The highest BCUT2D eigenvalue weighted by Gasteiger charge is 2.09. The van der Waals surface area contributed by atoms with Gasteiger partial charge in [0.2, 0.25) is 0 Å². The van der Waals surface area contributed by atoms with Crippen molar-refractivity contribution in [3.63, 3.8) is 0 Å². The molecule has 1 aromatic carbocycles. The van der Waals surface area contributed by atoms with E-state index in [4.69, 9.17) is 5.41 Å². The number of imidazole rings is 1. The van der Waals surface area contributed by atoms with E-state index in [1.807, 2.05) is 22.8 Å². The van der Waals surface area contributed by atoms with Crippen LogP contribution in [0, 0.1) is 5.41 Å². The summed E-state index contributed by atoms with van der Waals surface area (Å²) in [7, 11) is 0. The lowest BCUT2D eigenvalue weighted by molar-refractivity contribution is 0.782. The number of nitrogens with zero attached hydrogens (tertiary/aromatic N) is 3. The summed E-state index contributed by atoms with van der Waals surface area (Å²) in [6.07, 6.45) is 1.68. The van der Waals surface area contributed by atoms with E-state index in [0.29, 0.717) is 12.1 Å². The van der Waals surface area contributed by atoms with Crippen molar-refractivity contribution in [2.24, 2.45) is 0 Å². The molecule has 5 nitrogen and oxygen atoms in total. The van der Waals surface area contributed by atoms with Crippen LogP contribution >= 0.6 is 11.8 Å². The lowest BCUT2D eigenvalue weighted by atomic mass is 10.2. The van der Waals surface area contributed by atoms with Gasteiger partial charge in [-0.1, -0.05) is 49.0 Å². The Morgan fingerprint density at radius 3 is 2.85 bits per heavy atom. The molecule has 6 heteroatoms. The van der Waals surface area contributed by atoms with E-state index >= 15 is 0 Å². The first-order valence-corrected chi connectivity index (χ1v) is 7.43. The fraction of sp³-hybridized carbons (Fsp3) is 0.214. The van der Waals surface area contributed by atoms with Crippen molar-refractivity contribution in [2.45, 2.75) is 18.6 Å². The standard InChI is InChI=1S/C14H15N5S/c1-2-20-14-17-11-12(15)16-9-19(13(11)18-14)8-10-6-4-3-5-7-10/h3-7,9,15H,2,8H2,1H3,(H,17,18). The molecule has 3 aromatic rings. The van der Waals surface area contributed by atoms with Crippen molar-refractivity contribution >= 4 is 22.9 Å². The number of hydrogen-bond acceptors (Lipinski definition) is 4. The summed E-state index contributed by atoms with van der Waals surface area (Å²) in [5.41, 5.74) is 2.90. The maximum atomic E-state index is 7.88. The summed E-state index contributed by atoms with van der Waals surface area (Å²) in [6.45, 7) is 2.78. The normalized spacial score (nSPS) is 11.1. The van der Waals surface area contributed by atoms with Crippen molar-refractivity contribution in [1.82, 2.24) is 19.5 Å². The van der Waals surface area contributed by atoms with Crippen LogP contribution in [0.1, 0.15) is 12.5 Å². The lowest BCUT2D eigenvalue weighted by Crippen LogP contribution is -2.13. The molecule has 0 aliphatic heterocycles. The Morgan fingerprint density at radius 1 is 1.30 bits per heavy atom. The number of thioether (sulfide) groups is 1. The number of nitrogens with one attached hydrogen (secondary N) is 2. The Balaban J connectivity index is 2.07. The maximum Gasteiger partial charge on any atom is 0.173 e. The minimum Gasteiger partial charge on any atom is -0.328 e. The molecule has 0 radical (unpaired) electrons. The number of aromatic amines is 1. The highest BCUT2D eigenvalue weighted by Crippen LogP contribution is 2.17. The number of H-pyrrole nitrogens is 1. The molecule has 0 unspecified atom stereocenters. The Morgan fingerprint density at radius 2 is 2.10 bits per heavy atom. The highest BCUT2D eigenvalue weighted by molar-refractivity contribution is 7.99. The maximum absolute atomic E-state index is 7.88. The summed E-state index contributed by atoms with van der Waals surface area (Å²) in [6, 6.07) is 10.2. The highest BCUT2D eigenvalue weighted by atomic mass is 32.2. The second kappa shape index (κ2) is 5.50. The summed E-state index contributed by atoms with van der Waals surface area (Å²) in [4.78, 5) is 11.9. The molecule has 20 heavy (non-hydrogen) atoms. The van der Waals surface area contributed by atoms with E-state index in [-0.39, 0.29) is 5.49 Å².